The van der Waals surface area contributed by atoms with Crippen molar-refractivity contribution in [1.29, 1.82) is 0 Å². The second-order valence-corrected chi connectivity index (χ2v) is 8.58. The molecule has 29 heavy (non-hydrogen) atoms. The van der Waals surface area contributed by atoms with Gasteiger partial charge < -0.3 is 5.32 Å². The predicted octanol–water partition coefficient (Wildman–Crippen LogP) is 6.41. The third-order valence-corrected chi connectivity index (χ3v) is 6.13. The number of nitrogens with one attached hydrogen (secondary N) is 1. The van der Waals surface area contributed by atoms with Crippen molar-refractivity contribution >= 4 is 74.9 Å². The lowest BCUT2D eigenvalue weighted by Gasteiger charge is -2.17. The molecule has 8 heteroatoms. The smallest absolute Gasteiger partial charge is 0.282 e. The van der Waals surface area contributed by atoms with Gasteiger partial charge in [0.2, 0.25) is 0 Å². The molecule has 4 nitrogen and oxygen atoms in total. The average Bonchev–Trinajstić information content (AvgIpc) is 3.27. The van der Waals surface area contributed by atoms with Crippen molar-refractivity contribution in [3.05, 3.63) is 85.1 Å². The number of rotatable bonds is 4. The molecule has 0 spiro atoms. The van der Waals surface area contributed by atoms with Gasteiger partial charge in [-0.15, -0.1) is 11.3 Å². The Morgan fingerprint density at radius 3 is 2.34 bits per heavy atom. The van der Waals surface area contributed by atoms with Crippen LogP contribution in [0.25, 0.3) is 5.57 Å². The number of hydrogen-bond acceptors (Lipinski definition) is 4. The Hall–Kier alpha value is -2.31. The number of hydrogen-bond donors (Lipinski definition) is 1. The van der Waals surface area contributed by atoms with Crippen molar-refractivity contribution in [2.24, 2.45) is 0 Å². The van der Waals surface area contributed by atoms with E-state index in [1.54, 1.807) is 36.4 Å². The van der Waals surface area contributed by atoms with Crippen LogP contribution in [-0.4, -0.2) is 11.8 Å². The lowest BCUT2D eigenvalue weighted by atomic mass is 10.1. The number of amides is 2. The summed E-state index contributed by atoms with van der Waals surface area (Å²) in [6, 6.07) is 13.5. The van der Waals surface area contributed by atoms with E-state index in [4.69, 9.17) is 34.8 Å². The maximum absolute atomic E-state index is 13.3. The second kappa shape index (κ2) is 7.84. The molecular weight excluding hydrogens is 451 g/mol. The monoisotopic (exact) mass is 462 g/mol. The summed E-state index contributed by atoms with van der Waals surface area (Å²) in [7, 11) is 0. The van der Waals surface area contributed by atoms with E-state index in [1.165, 1.54) is 17.4 Å². The van der Waals surface area contributed by atoms with Gasteiger partial charge >= 0.3 is 0 Å². The minimum atomic E-state index is -0.503. The maximum atomic E-state index is 13.3. The van der Waals surface area contributed by atoms with Gasteiger partial charge in [-0.25, -0.2) is 4.90 Å². The Morgan fingerprint density at radius 1 is 0.931 bits per heavy atom. The molecule has 2 amide bonds. The molecule has 4 rings (SSSR count). The van der Waals surface area contributed by atoms with Gasteiger partial charge in [0.1, 0.15) is 5.70 Å². The molecule has 2 heterocycles. The highest BCUT2D eigenvalue weighted by Gasteiger charge is 2.41. The van der Waals surface area contributed by atoms with Gasteiger partial charge in [0.15, 0.2) is 0 Å². The summed E-state index contributed by atoms with van der Waals surface area (Å²) in [5.74, 6) is -0.965. The van der Waals surface area contributed by atoms with Crippen LogP contribution in [0.5, 0.6) is 0 Å². The van der Waals surface area contributed by atoms with E-state index in [0.29, 0.717) is 20.6 Å². The van der Waals surface area contributed by atoms with E-state index >= 15 is 0 Å². The molecule has 0 aliphatic carbocycles. The Kier molecular flexibility index (Phi) is 5.40. The number of imide groups is 1. The molecule has 0 saturated heterocycles. The van der Waals surface area contributed by atoms with Gasteiger partial charge in [-0.2, -0.15) is 0 Å². The van der Waals surface area contributed by atoms with Crippen molar-refractivity contribution in [2.75, 3.05) is 10.2 Å². The van der Waals surface area contributed by atoms with Gasteiger partial charge in [-0.1, -0.05) is 40.9 Å². The molecule has 146 valence electrons. The number of benzene rings is 2. The van der Waals surface area contributed by atoms with Crippen LogP contribution in [0.15, 0.2) is 59.6 Å². The molecule has 1 aliphatic heterocycles. The summed E-state index contributed by atoms with van der Waals surface area (Å²) in [5.41, 5.74) is 2.23. The van der Waals surface area contributed by atoms with Crippen molar-refractivity contribution in [3.63, 3.8) is 0 Å². The number of carbonyl (C=O) groups is 2. The fourth-order valence-corrected chi connectivity index (χ4v) is 4.44. The average molecular weight is 464 g/mol. The standard InChI is InChI=1S/C21H13Cl3N2O2S/c1-11-9-12(22)5-7-15(11)25-19-18(17-3-2-8-29-17)20(27)26(21(19)28)16-10-13(23)4-6-14(16)24/h2-10,25H,1H3. The molecule has 3 aromatic rings. The van der Waals surface area contributed by atoms with Gasteiger partial charge in [0.05, 0.1) is 16.3 Å². The van der Waals surface area contributed by atoms with Gasteiger partial charge in [0, 0.05) is 20.6 Å². The topological polar surface area (TPSA) is 49.4 Å². The Labute approximate surface area is 186 Å². The highest BCUT2D eigenvalue weighted by atomic mass is 35.5. The SMILES string of the molecule is Cc1cc(Cl)ccc1NC1=C(c2cccs2)C(=O)N(c2cc(Cl)ccc2Cl)C1=O. The lowest BCUT2D eigenvalue weighted by Crippen LogP contribution is -2.32. The molecule has 0 saturated carbocycles. The molecule has 0 fully saturated rings. The summed E-state index contributed by atoms with van der Waals surface area (Å²) < 4.78 is 0. The normalized spacial score (nSPS) is 14.1. The molecule has 1 aromatic heterocycles. The first-order valence-electron chi connectivity index (χ1n) is 8.52. The summed E-state index contributed by atoms with van der Waals surface area (Å²) in [6.45, 7) is 1.87. The third kappa shape index (κ3) is 3.67. The van der Waals surface area contributed by atoms with Crippen LogP contribution in [0.3, 0.4) is 0 Å². The number of halogens is 3. The number of anilines is 2. The fourth-order valence-electron chi connectivity index (χ4n) is 3.07. The number of carbonyl (C=O) groups excluding carboxylic acids is 2. The van der Waals surface area contributed by atoms with E-state index < -0.39 is 11.8 Å². The number of nitrogens with zero attached hydrogens (tertiary/aromatic N) is 1. The molecule has 0 bridgehead atoms. The van der Waals surface area contributed by atoms with E-state index in [1.807, 2.05) is 18.4 Å². The van der Waals surface area contributed by atoms with Gasteiger partial charge in [0.25, 0.3) is 11.8 Å². The Bertz CT molecular complexity index is 1170. The first-order valence-corrected chi connectivity index (χ1v) is 10.5. The maximum Gasteiger partial charge on any atom is 0.282 e. The summed E-state index contributed by atoms with van der Waals surface area (Å²) in [5, 5.41) is 6.19. The summed E-state index contributed by atoms with van der Waals surface area (Å²) >= 11 is 19.8. The van der Waals surface area contributed by atoms with Crippen molar-refractivity contribution in [3.8, 4) is 0 Å². The van der Waals surface area contributed by atoms with Crippen LogP contribution >= 0.6 is 46.1 Å². The van der Waals surface area contributed by atoms with E-state index in [0.717, 1.165) is 10.5 Å². The van der Waals surface area contributed by atoms with Crippen LogP contribution in [-0.2, 0) is 9.59 Å². The molecular formula is C21H13Cl3N2O2S. The van der Waals surface area contributed by atoms with Gasteiger partial charge in [-0.05, 0) is 60.3 Å². The highest BCUT2D eigenvalue weighted by Crippen LogP contribution is 2.39. The van der Waals surface area contributed by atoms with Gasteiger partial charge in [-0.3, -0.25) is 9.59 Å². The number of thiophene rings is 1. The highest BCUT2D eigenvalue weighted by molar-refractivity contribution is 7.11. The van der Waals surface area contributed by atoms with Crippen LogP contribution in [0.4, 0.5) is 11.4 Å². The van der Waals surface area contributed by atoms with Crippen LogP contribution in [0, 0.1) is 6.92 Å². The zero-order valence-corrected chi connectivity index (χ0v) is 18.1. The minimum Gasteiger partial charge on any atom is -0.350 e. The molecule has 1 aliphatic rings. The first kappa shape index (κ1) is 20.0. The summed E-state index contributed by atoms with van der Waals surface area (Å²) in [6.07, 6.45) is 0. The third-order valence-electron chi connectivity index (χ3n) is 4.45. The second-order valence-electron chi connectivity index (χ2n) is 6.35. The number of aryl methyl sites for hydroxylation is 1. The molecule has 1 N–H and O–H groups in total. The van der Waals surface area contributed by atoms with E-state index in [9.17, 15) is 9.59 Å². The van der Waals surface area contributed by atoms with Crippen molar-refractivity contribution in [1.82, 2.24) is 0 Å². The zero-order valence-electron chi connectivity index (χ0n) is 15.0. The predicted molar refractivity (Wildman–Crippen MR) is 120 cm³/mol. The van der Waals surface area contributed by atoms with E-state index in [-0.39, 0.29) is 22.0 Å². The van der Waals surface area contributed by atoms with Crippen LogP contribution < -0.4 is 10.2 Å². The Morgan fingerprint density at radius 2 is 1.66 bits per heavy atom. The molecule has 0 radical (unpaired) electrons. The summed E-state index contributed by atoms with van der Waals surface area (Å²) in [4.78, 5) is 28.4. The zero-order chi connectivity index (χ0) is 20.7. The van der Waals surface area contributed by atoms with Crippen molar-refractivity contribution in [2.45, 2.75) is 6.92 Å². The molecule has 0 unspecified atom stereocenters. The van der Waals surface area contributed by atoms with Crippen LogP contribution in [0.1, 0.15) is 10.4 Å². The quantitative estimate of drug-likeness (QED) is 0.455. The first-order chi connectivity index (χ1) is 13.9. The van der Waals surface area contributed by atoms with Crippen molar-refractivity contribution < 1.29 is 9.59 Å². The molecule has 0 atom stereocenters. The fraction of sp³-hybridized carbons (Fsp3) is 0.0476. The Balaban J connectivity index is 1.84. The lowest BCUT2D eigenvalue weighted by molar-refractivity contribution is -0.120. The van der Waals surface area contributed by atoms with Crippen LogP contribution in [0.2, 0.25) is 15.1 Å². The molecule has 2 aromatic carbocycles. The largest absolute Gasteiger partial charge is 0.350 e. The van der Waals surface area contributed by atoms with E-state index in [2.05, 4.69) is 5.32 Å². The minimum absolute atomic E-state index is 0.180.